The van der Waals surface area contributed by atoms with Crippen LogP contribution in [0.2, 0.25) is 0 Å². The largest absolute Gasteiger partial charge is 0.454 e. The molecule has 3 heterocycles. The molecule has 2 aliphatic heterocycles. The van der Waals surface area contributed by atoms with Gasteiger partial charge in [0.05, 0.1) is 5.69 Å². The number of hydrogen-bond donors (Lipinski definition) is 1. The summed E-state index contributed by atoms with van der Waals surface area (Å²) in [5.41, 5.74) is 2.24. The number of benzene rings is 1. The normalized spacial score (nSPS) is 18.1. The smallest absolute Gasteiger partial charge is 0.231 e. The van der Waals surface area contributed by atoms with E-state index in [9.17, 15) is 0 Å². The van der Waals surface area contributed by atoms with Crippen molar-refractivity contribution in [2.24, 2.45) is 0 Å². The SMILES string of the molecule is c1cc2c(cc1-c1nc(CN3CCNCC3)cs1)OCO2. The Morgan fingerprint density at radius 2 is 2.05 bits per heavy atom. The van der Waals surface area contributed by atoms with Crippen molar-refractivity contribution in [1.29, 1.82) is 0 Å². The van der Waals surface area contributed by atoms with Gasteiger partial charge in [-0.2, -0.15) is 0 Å². The summed E-state index contributed by atoms with van der Waals surface area (Å²) >= 11 is 1.69. The molecule has 0 radical (unpaired) electrons. The first-order chi connectivity index (χ1) is 10.4. The molecule has 0 aliphatic carbocycles. The zero-order valence-electron chi connectivity index (χ0n) is 11.7. The molecule has 2 aromatic rings. The lowest BCUT2D eigenvalue weighted by Gasteiger charge is -2.26. The number of piperazine rings is 1. The van der Waals surface area contributed by atoms with Gasteiger partial charge >= 0.3 is 0 Å². The van der Waals surface area contributed by atoms with E-state index in [1.165, 1.54) is 0 Å². The van der Waals surface area contributed by atoms with E-state index in [1.54, 1.807) is 11.3 Å². The van der Waals surface area contributed by atoms with Gasteiger partial charge in [-0.1, -0.05) is 0 Å². The maximum Gasteiger partial charge on any atom is 0.231 e. The van der Waals surface area contributed by atoms with Crippen LogP contribution < -0.4 is 14.8 Å². The summed E-state index contributed by atoms with van der Waals surface area (Å²) < 4.78 is 10.8. The van der Waals surface area contributed by atoms with Crippen LogP contribution in [0.4, 0.5) is 0 Å². The Labute approximate surface area is 127 Å². The number of fused-ring (bicyclic) bond motifs is 1. The van der Waals surface area contributed by atoms with Gasteiger partial charge in [-0.15, -0.1) is 11.3 Å². The van der Waals surface area contributed by atoms with E-state index in [1.807, 2.05) is 18.2 Å². The summed E-state index contributed by atoms with van der Waals surface area (Å²) in [5, 5.41) is 6.57. The summed E-state index contributed by atoms with van der Waals surface area (Å²) in [4.78, 5) is 7.20. The molecule has 0 atom stereocenters. The third-order valence-corrected chi connectivity index (χ3v) is 4.71. The third kappa shape index (κ3) is 2.74. The van der Waals surface area contributed by atoms with E-state index in [0.717, 1.165) is 60.5 Å². The van der Waals surface area contributed by atoms with Gasteiger partial charge in [-0.3, -0.25) is 4.90 Å². The number of thiazole rings is 1. The Hall–Kier alpha value is -1.63. The number of aromatic nitrogens is 1. The van der Waals surface area contributed by atoms with Crippen molar-refractivity contribution in [2.45, 2.75) is 6.54 Å². The second-order valence-electron chi connectivity index (χ2n) is 5.24. The highest BCUT2D eigenvalue weighted by molar-refractivity contribution is 7.13. The molecule has 1 aromatic carbocycles. The van der Waals surface area contributed by atoms with Gasteiger partial charge in [0.25, 0.3) is 0 Å². The number of hydrogen-bond acceptors (Lipinski definition) is 6. The van der Waals surface area contributed by atoms with E-state index in [2.05, 4.69) is 15.6 Å². The van der Waals surface area contributed by atoms with Crippen LogP contribution in [0.25, 0.3) is 10.6 Å². The maximum atomic E-state index is 5.43. The molecule has 1 saturated heterocycles. The van der Waals surface area contributed by atoms with Crippen LogP contribution in [0.15, 0.2) is 23.6 Å². The summed E-state index contributed by atoms with van der Waals surface area (Å²) in [6, 6.07) is 6.01. The Morgan fingerprint density at radius 3 is 2.95 bits per heavy atom. The first kappa shape index (κ1) is 13.1. The predicted molar refractivity (Wildman–Crippen MR) is 81.8 cm³/mol. The molecule has 5 nitrogen and oxygen atoms in total. The van der Waals surface area contributed by atoms with Gasteiger partial charge in [-0.05, 0) is 18.2 Å². The molecule has 0 saturated carbocycles. The zero-order valence-corrected chi connectivity index (χ0v) is 12.5. The average molecular weight is 303 g/mol. The van der Waals surface area contributed by atoms with E-state index in [-0.39, 0.29) is 0 Å². The molecular weight excluding hydrogens is 286 g/mol. The van der Waals surface area contributed by atoms with Crippen LogP contribution in [-0.2, 0) is 6.54 Å². The first-order valence-electron chi connectivity index (χ1n) is 7.16. The second kappa shape index (κ2) is 5.63. The predicted octanol–water partition coefficient (Wildman–Crippen LogP) is 1.94. The third-order valence-electron chi connectivity index (χ3n) is 3.77. The molecule has 1 N–H and O–H groups in total. The number of ether oxygens (including phenoxy) is 2. The van der Waals surface area contributed by atoms with Gasteiger partial charge in [0.1, 0.15) is 5.01 Å². The fourth-order valence-corrected chi connectivity index (χ4v) is 3.45. The van der Waals surface area contributed by atoms with Crippen molar-refractivity contribution in [3.8, 4) is 22.1 Å². The van der Waals surface area contributed by atoms with Crippen molar-refractivity contribution in [2.75, 3.05) is 33.0 Å². The molecule has 0 bridgehead atoms. The summed E-state index contributed by atoms with van der Waals surface area (Å²) in [7, 11) is 0. The van der Waals surface area contributed by atoms with Crippen LogP contribution in [0, 0.1) is 0 Å². The molecule has 1 fully saturated rings. The summed E-state index contributed by atoms with van der Waals surface area (Å²) in [5.74, 6) is 1.63. The zero-order chi connectivity index (χ0) is 14.1. The van der Waals surface area contributed by atoms with Gasteiger partial charge < -0.3 is 14.8 Å². The number of nitrogens with zero attached hydrogens (tertiary/aromatic N) is 2. The lowest BCUT2D eigenvalue weighted by Crippen LogP contribution is -2.42. The molecule has 2 aliphatic rings. The highest BCUT2D eigenvalue weighted by Gasteiger charge is 2.16. The van der Waals surface area contributed by atoms with Crippen LogP contribution in [0.3, 0.4) is 0 Å². The van der Waals surface area contributed by atoms with Crippen molar-refractivity contribution >= 4 is 11.3 Å². The molecule has 21 heavy (non-hydrogen) atoms. The van der Waals surface area contributed by atoms with Gasteiger partial charge in [0.2, 0.25) is 6.79 Å². The van der Waals surface area contributed by atoms with Gasteiger partial charge in [0, 0.05) is 43.7 Å². The van der Waals surface area contributed by atoms with Crippen molar-refractivity contribution in [3.05, 3.63) is 29.3 Å². The minimum absolute atomic E-state index is 0.310. The minimum atomic E-state index is 0.310. The van der Waals surface area contributed by atoms with Gasteiger partial charge in [-0.25, -0.2) is 4.98 Å². The number of nitrogens with one attached hydrogen (secondary N) is 1. The summed E-state index contributed by atoms with van der Waals surface area (Å²) in [6.45, 7) is 5.57. The van der Waals surface area contributed by atoms with E-state index >= 15 is 0 Å². The maximum absolute atomic E-state index is 5.43. The molecule has 0 amide bonds. The quantitative estimate of drug-likeness (QED) is 0.939. The average Bonchev–Trinajstić information content (AvgIpc) is 3.16. The first-order valence-corrected chi connectivity index (χ1v) is 8.04. The van der Waals surface area contributed by atoms with E-state index < -0.39 is 0 Å². The molecule has 110 valence electrons. The minimum Gasteiger partial charge on any atom is -0.454 e. The van der Waals surface area contributed by atoms with Crippen molar-refractivity contribution in [1.82, 2.24) is 15.2 Å². The summed E-state index contributed by atoms with van der Waals surface area (Å²) in [6.07, 6.45) is 0. The highest BCUT2D eigenvalue weighted by atomic mass is 32.1. The molecule has 1 aromatic heterocycles. The van der Waals surface area contributed by atoms with E-state index in [4.69, 9.17) is 14.5 Å². The Morgan fingerprint density at radius 1 is 1.19 bits per heavy atom. The van der Waals surface area contributed by atoms with E-state index in [0.29, 0.717) is 6.79 Å². The molecule has 4 rings (SSSR count). The molecular formula is C15H17N3O2S. The lowest BCUT2D eigenvalue weighted by molar-refractivity contribution is 0.174. The molecule has 0 spiro atoms. The molecule has 6 heteroatoms. The van der Waals surface area contributed by atoms with Crippen LogP contribution in [0.1, 0.15) is 5.69 Å². The molecule has 0 unspecified atom stereocenters. The Kier molecular flexibility index (Phi) is 3.50. The fraction of sp³-hybridized carbons (Fsp3) is 0.400. The fourth-order valence-electron chi connectivity index (χ4n) is 2.64. The Bertz CT molecular complexity index is 638. The van der Waals surface area contributed by atoms with Crippen LogP contribution in [-0.4, -0.2) is 42.9 Å². The highest BCUT2D eigenvalue weighted by Crippen LogP contribution is 2.36. The number of rotatable bonds is 3. The topological polar surface area (TPSA) is 46.6 Å². The second-order valence-corrected chi connectivity index (χ2v) is 6.10. The van der Waals surface area contributed by atoms with Gasteiger partial charge in [0.15, 0.2) is 11.5 Å². The van der Waals surface area contributed by atoms with Crippen molar-refractivity contribution < 1.29 is 9.47 Å². The van der Waals surface area contributed by atoms with Crippen LogP contribution in [0.5, 0.6) is 11.5 Å². The monoisotopic (exact) mass is 303 g/mol. The van der Waals surface area contributed by atoms with Crippen molar-refractivity contribution in [3.63, 3.8) is 0 Å². The van der Waals surface area contributed by atoms with Crippen LogP contribution >= 0.6 is 11.3 Å². The lowest BCUT2D eigenvalue weighted by atomic mass is 10.2. The Balaban J connectivity index is 1.51. The standard InChI is InChI=1S/C15H17N3O2S/c1-2-13-14(20-10-19-13)7-11(1)15-17-12(9-21-15)8-18-5-3-16-4-6-18/h1-2,7,9,16H,3-6,8,10H2.